The third-order valence-electron chi connectivity index (χ3n) is 2.94. The van der Waals surface area contributed by atoms with Crippen molar-refractivity contribution in [2.75, 3.05) is 13.1 Å². The highest BCUT2D eigenvalue weighted by atomic mass is 127. The van der Waals surface area contributed by atoms with Gasteiger partial charge in [-0.3, -0.25) is 0 Å². The van der Waals surface area contributed by atoms with Gasteiger partial charge in [-0.15, -0.1) is 30.4 Å². The average Bonchev–Trinajstić information content (AvgIpc) is 2.41. The first-order valence-corrected chi connectivity index (χ1v) is 7.02. The summed E-state index contributed by atoms with van der Waals surface area (Å²) >= 11 is 0. The molecule has 116 valence electrons. The second kappa shape index (κ2) is 9.67. The molecule has 4 heteroatoms. The van der Waals surface area contributed by atoms with Crippen LogP contribution < -0.4 is 10.6 Å². The molecular weight excluding hydrogens is 373 g/mol. The minimum absolute atomic E-state index is 0. The number of guanidine groups is 1. The second-order valence-corrected chi connectivity index (χ2v) is 5.70. The summed E-state index contributed by atoms with van der Waals surface area (Å²) in [6, 6.07) is 8.61. The van der Waals surface area contributed by atoms with Gasteiger partial charge in [-0.05, 0) is 23.5 Å². The first kappa shape index (κ1) is 19.8. The number of hydrogen-bond acceptors (Lipinski definition) is 1. The van der Waals surface area contributed by atoms with E-state index in [0.717, 1.165) is 12.5 Å². The minimum Gasteiger partial charge on any atom is -0.357 e. The number of hydrogen-bond donors (Lipinski definition) is 2. The Labute approximate surface area is 146 Å². The molecule has 0 aliphatic heterocycles. The van der Waals surface area contributed by atoms with Crippen LogP contribution in [0.25, 0.3) is 0 Å². The maximum Gasteiger partial charge on any atom is 0.192 e. The zero-order chi connectivity index (χ0) is 15.0. The van der Waals surface area contributed by atoms with Crippen LogP contribution in [0.15, 0.2) is 29.3 Å². The van der Waals surface area contributed by atoms with E-state index >= 15 is 0 Å². The third-order valence-corrected chi connectivity index (χ3v) is 2.94. The first-order valence-electron chi connectivity index (χ1n) is 7.02. The number of halogens is 1. The van der Waals surface area contributed by atoms with Gasteiger partial charge in [-0.2, -0.15) is 0 Å². The van der Waals surface area contributed by atoms with Crippen LogP contribution in [0.4, 0.5) is 0 Å². The highest BCUT2D eigenvalue weighted by Gasteiger charge is 2.12. The van der Waals surface area contributed by atoms with Crippen molar-refractivity contribution < 1.29 is 0 Å². The van der Waals surface area contributed by atoms with Crippen molar-refractivity contribution in [2.24, 2.45) is 4.99 Å². The van der Waals surface area contributed by atoms with Crippen molar-refractivity contribution in [3.8, 4) is 12.3 Å². The van der Waals surface area contributed by atoms with Gasteiger partial charge in [0.25, 0.3) is 0 Å². The SMILES string of the molecule is C#CCNC(=NCc1ccc(C(C)(C)C)cc1)NCC.I. The topological polar surface area (TPSA) is 36.4 Å². The van der Waals surface area contributed by atoms with Crippen molar-refractivity contribution in [2.45, 2.75) is 39.7 Å². The molecule has 0 saturated carbocycles. The lowest BCUT2D eigenvalue weighted by Gasteiger charge is -2.19. The van der Waals surface area contributed by atoms with Crippen molar-refractivity contribution in [3.63, 3.8) is 0 Å². The van der Waals surface area contributed by atoms with E-state index in [9.17, 15) is 0 Å². The summed E-state index contributed by atoms with van der Waals surface area (Å²) in [5.74, 6) is 3.30. The number of benzene rings is 1. The van der Waals surface area contributed by atoms with E-state index < -0.39 is 0 Å². The Bertz CT molecular complexity index is 478. The lowest BCUT2D eigenvalue weighted by Crippen LogP contribution is -2.37. The Balaban J connectivity index is 0.00000400. The van der Waals surface area contributed by atoms with Gasteiger partial charge in [-0.1, -0.05) is 51.0 Å². The summed E-state index contributed by atoms with van der Waals surface area (Å²) in [4.78, 5) is 4.51. The second-order valence-electron chi connectivity index (χ2n) is 5.70. The fourth-order valence-electron chi connectivity index (χ4n) is 1.76. The van der Waals surface area contributed by atoms with E-state index in [1.54, 1.807) is 0 Å². The standard InChI is InChI=1S/C17H25N3.HI/c1-6-12-19-16(18-7-2)20-13-14-8-10-15(11-9-14)17(3,4)5;/h1,8-11H,7,12-13H2,2-5H3,(H2,18,19,20);1H. The molecule has 0 heterocycles. The van der Waals surface area contributed by atoms with Crippen LogP contribution in [0.2, 0.25) is 0 Å². The van der Waals surface area contributed by atoms with E-state index in [2.05, 4.69) is 66.6 Å². The molecule has 0 fully saturated rings. The lowest BCUT2D eigenvalue weighted by molar-refractivity contribution is 0.590. The van der Waals surface area contributed by atoms with E-state index in [4.69, 9.17) is 6.42 Å². The van der Waals surface area contributed by atoms with Crippen molar-refractivity contribution >= 4 is 29.9 Å². The van der Waals surface area contributed by atoms with Crippen LogP contribution in [-0.4, -0.2) is 19.0 Å². The van der Waals surface area contributed by atoms with Gasteiger partial charge in [-0.25, -0.2) is 4.99 Å². The first-order chi connectivity index (χ1) is 9.47. The largest absolute Gasteiger partial charge is 0.357 e. The van der Waals surface area contributed by atoms with Crippen LogP contribution >= 0.6 is 24.0 Å². The van der Waals surface area contributed by atoms with E-state index in [0.29, 0.717) is 13.1 Å². The fourth-order valence-corrected chi connectivity index (χ4v) is 1.76. The molecule has 0 aliphatic rings. The van der Waals surface area contributed by atoms with Crippen LogP contribution in [0, 0.1) is 12.3 Å². The van der Waals surface area contributed by atoms with Gasteiger partial charge in [0, 0.05) is 6.54 Å². The lowest BCUT2D eigenvalue weighted by atomic mass is 9.87. The van der Waals surface area contributed by atoms with Gasteiger partial charge >= 0.3 is 0 Å². The van der Waals surface area contributed by atoms with Crippen molar-refractivity contribution in [1.29, 1.82) is 0 Å². The third kappa shape index (κ3) is 7.37. The maximum absolute atomic E-state index is 5.24. The Kier molecular flexibility index (Phi) is 9.11. The molecule has 0 saturated heterocycles. The quantitative estimate of drug-likeness (QED) is 0.353. The molecular formula is C17H26IN3. The summed E-state index contributed by atoms with van der Waals surface area (Å²) in [6.07, 6.45) is 5.24. The van der Waals surface area contributed by atoms with Crippen LogP contribution in [0.5, 0.6) is 0 Å². The van der Waals surface area contributed by atoms with Gasteiger partial charge in [0.2, 0.25) is 0 Å². The predicted octanol–water partition coefficient (Wildman–Crippen LogP) is 3.29. The molecule has 0 radical (unpaired) electrons. The molecule has 1 aromatic rings. The number of rotatable bonds is 4. The number of nitrogens with one attached hydrogen (secondary N) is 2. The Hall–Kier alpha value is -1.22. The summed E-state index contributed by atoms with van der Waals surface area (Å²) in [6.45, 7) is 10.6. The van der Waals surface area contributed by atoms with E-state index in [-0.39, 0.29) is 29.4 Å². The molecule has 3 nitrogen and oxygen atoms in total. The van der Waals surface area contributed by atoms with Crippen molar-refractivity contribution in [1.82, 2.24) is 10.6 Å². The highest BCUT2D eigenvalue weighted by Crippen LogP contribution is 2.22. The van der Waals surface area contributed by atoms with Gasteiger partial charge in [0.05, 0.1) is 13.1 Å². The summed E-state index contributed by atoms with van der Waals surface area (Å²) in [7, 11) is 0. The monoisotopic (exact) mass is 399 g/mol. The Morgan fingerprint density at radius 1 is 1.19 bits per heavy atom. The molecule has 0 unspecified atom stereocenters. The maximum atomic E-state index is 5.24. The molecule has 0 amide bonds. The summed E-state index contributed by atoms with van der Waals surface area (Å²) in [5, 5.41) is 6.25. The Morgan fingerprint density at radius 2 is 1.81 bits per heavy atom. The zero-order valence-corrected chi connectivity index (χ0v) is 15.7. The van der Waals surface area contributed by atoms with Crippen LogP contribution in [0.3, 0.4) is 0 Å². The Morgan fingerprint density at radius 3 is 2.29 bits per heavy atom. The van der Waals surface area contributed by atoms with Gasteiger partial charge < -0.3 is 10.6 Å². The molecule has 0 spiro atoms. The zero-order valence-electron chi connectivity index (χ0n) is 13.4. The van der Waals surface area contributed by atoms with E-state index in [1.165, 1.54) is 11.1 Å². The van der Waals surface area contributed by atoms with Gasteiger partial charge in [0.15, 0.2) is 5.96 Å². The molecule has 2 N–H and O–H groups in total. The number of aliphatic imine (C=N–C) groups is 1. The van der Waals surface area contributed by atoms with E-state index in [1.807, 2.05) is 6.92 Å². The number of nitrogens with zero attached hydrogens (tertiary/aromatic N) is 1. The minimum atomic E-state index is 0. The fraction of sp³-hybridized carbons (Fsp3) is 0.471. The van der Waals surface area contributed by atoms with Crippen LogP contribution in [0.1, 0.15) is 38.8 Å². The predicted molar refractivity (Wildman–Crippen MR) is 102 cm³/mol. The van der Waals surface area contributed by atoms with Gasteiger partial charge in [0.1, 0.15) is 0 Å². The molecule has 1 rings (SSSR count). The molecule has 21 heavy (non-hydrogen) atoms. The molecule has 0 atom stereocenters. The smallest absolute Gasteiger partial charge is 0.192 e. The number of terminal acetylenes is 1. The molecule has 0 bridgehead atoms. The molecule has 0 aromatic heterocycles. The molecule has 1 aromatic carbocycles. The summed E-state index contributed by atoms with van der Waals surface area (Å²) in [5.41, 5.74) is 2.71. The average molecular weight is 399 g/mol. The van der Waals surface area contributed by atoms with Crippen molar-refractivity contribution in [3.05, 3.63) is 35.4 Å². The van der Waals surface area contributed by atoms with Crippen LogP contribution in [-0.2, 0) is 12.0 Å². The molecule has 0 aliphatic carbocycles. The summed E-state index contributed by atoms with van der Waals surface area (Å²) < 4.78 is 0. The normalized spacial score (nSPS) is 11.3. The highest BCUT2D eigenvalue weighted by molar-refractivity contribution is 14.0.